The lowest BCUT2D eigenvalue weighted by Crippen LogP contribution is -2.15. The predicted octanol–water partition coefficient (Wildman–Crippen LogP) is 7.55. The number of anilines is 2. The molecule has 8 heteroatoms. The van der Waals surface area contributed by atoms with E-state index in [9.17, 15) is 16.8 Å². The van der Waals surface area contributed by atoms with Gasteiger partial charge in [0.05, 0.1) is 9.79 Å². The molecule has 0 saturated heterocycles. The fourth-order valence-corrected chi connectivity index (χ4v) is 6.28. The van der Waals surface area contributed by atoms with Gasteiger partial charge in [-0.2, -0.15) is 0 Å². The Hall–Kier alpha value is -3.62. The Morgan fingerprint density at radius 1 is 0.425 bits per heavy atom. The van der Waals surface area contributed by atoms with Crippen molar-refractivity contribution in [3.63, 3.8) is 0 Å². The second kappa shape index (κ2) is 10.7. The van der Waals surface area contributed by atoms with Crippen LogP contribution in [-0.2, 0) is 30.9 Å². The summed E-state index contributed by atoms with van der Waals surface area (Å²) < 4.78 is 56.7. The van der Waals surface area contributed by atoms with Crippen LogP contribution in [0.5, 0.6) is 0 Å². The van der Waals surface area contributed by atoms with Crippen molar-refractivity contribution >= 4 is 31.4 Å². The van der Waals surface area contributed by atoms with Crippen molar-refractivity contribution in [2.24, 2.45) is 0 Å². The van der Waals surface area contributed by atoms with Crippen molar-refractivity contribution in [2.45, 2.75) is 62.2 Å². The summed E-state index contributed by atoms with van der Waals surface area (Å²) in [6.45, 7) is 12.5. The van der Waals surface area contributed by atoms with E-state index in [0.29, 0.717) is 11.4 Å². The molecule has 0 heterocycles. The van der Waals surface area contributed by atoms with Crippen LogP contribution in [0.15, 0.2) is 107 Å². The smallest absolute Gasteiger partial charge is 0.261 e. The van der Waals surface area contributed by atoms with Crippen LogP contribution in [0.25, 0.3) is 11.1 Å². The third-order valence-corrected chi connectivity index (χ3v) is 9.46. The van der Waals surface area contributed by atoms with Gasteiger partial charge >= 0.3 is 0 Å². The average molecular weight is 577 g/mol. The van der Waals surface area contributed by atoms with Gasteiger partial charge in [-0.3, -0.25) is 9.44 Å². The van der Waals surface area contributed by atoms with Gasteiger partial charge in [0, 0.05) is 11.4 Å². The zero-order chi connectivity index (χ0) is 29.3. The highest BCUT2D eigenvalue weighted by Crippen LogP contribution is 2.28. The van der Waals surface area contributed by atoms with Gasteiger partial charge in [-0.1, -0.05) is 90.1 Å². The average Bonchev–Trinajstić information content (AvgIpc) is 2.88. The molecule has 4 rings (SSSR count). The fourth-order valence-electron chi connectivity index (χ4n) is 4.16. The lowest BCUT2D eigenvalue weighted by atomic mass is 9.87. The molecule has 6 nitrogen and oxygen atoms in total. The number of benzene rings is 4. The summed E-state index contributed by atoms with van der Waals surface area (Å²) in [4.78, 5) is 0.403. The Bertz CT molecular complexity index is 1550. The molecule has 0 fully saturated rings. The number of rotatable bonds is 7. The highest BCUT2D eigenvalue weighted by atomic mass is 32.2. The highest BCUT2D eigenvalue weighted by Gasteiger charge is 2.19. The molecule has 0 saturated carbocycles. The zero-order valence-electron chi connectivity index (χ0n) is 23.7. The summed E-state index contributed by atoms with van der Waals surface area (Å²) in [6.07, 6.45) is 0. The molecule has 0 aliphatic heterocycles. The molecule has 0 amide bonds. The van der Waals surface area contributed by atoms with Crippen molar-refractivity contribution < 1.29 is 16.8 Å². The second-order valence-corrected chi connectivity index (χ2v) is 15.3. The molecule has 2 N–H and O–H groups in total. The molecule has 0 radical (unpaired) electrons. The largest absolute Gasteiger partial charge is 0.280 e. The minimum Gasteiger partial charge on any atom is -0.280 e. The van der Waals surface area contributed by atoms with Crippen LogP contribution in [0.2, 0.25) is 0 Å². The summed E-state index contributed by atoms with van der Waals surface area (Å²) in [5.74, 6) is 0. The minimum absolute atomic E-state index is 0.0631. The monoisotopic (exact) mass is 576 g/mol. The fraction of sp³-hybridized carbons (Fsp3) is 0.250. The van der Waals surface area contributed by atoms with Gasteiger partial charge in [0.25, 0.3) is 20.0 Å². The van der Waals surface area contributed by atoms with Crippen LogP contribution in [0.4, 0.5) is 11.4 Å². The van der Waals surface area contributed by atoms with Crippen LogP contribution >= 0.6 is 0 Å². The Labute approximate surface area is 238 Å². The predicted molar refractivity (Wildman–Crippen MR) is 164 cm³/mol. The van der Waals surface area contributed by atoms with Crippen LogP contribution in [0, 0.1) is 0 Å². The molecule has 4 aromatic rings. The van der Waals surface area contributed by atoms with E-state index in [0.717, 1.165) is 22.3 Å². The van der Waals surface area contributed by atoms with E-state index >= 15 is 0 Å². The summed E-state index contributed by atoms with van der Waals surface area (Å²) >= 11 is 0. The minimum atomic E-state index is -3.72. The normalized spacial score (nSPS) is 12.7. The van der Waals surface area contributed by atoms with E-state index in [1.165, 1.54) is 0 Å². The van der Waals surface area contributed by atoms with E-state index < -0.39 is 20.0 Å². The third-order valence-electron chi connectivity index (χ3n) is 6.67. The zero-order valence-corrected chi connectivity index (χ0v) is 25.3. The maximum Gasteiger partial charge on any atom is 0.261 e. The van der Waals surface area contributed by atoms with Crippen molar-refractivity contribution in [1.29, 1.82) is 0 Å². The SMILES string of the molecule is CC(C)(C)c1ccc(S(=O)(=O)Nc2ccc(-c3ccc(NS(=O)(=O)c4ccc(C(C)(C)C)cc4)cc3)cc2)cc1. The Morgan fingerprint density at radius 3 is 0.950 bits per heavy atom. The molecule has 0 atom stereocenters. The van der Waals surface area contributed by atoms with Gasteiger partial charge in [0.1, 0.15) is 0 Å². The van der Waals surface area contributed by atoms with Crippen LogP contribution in [-0.4, -0.2) is 16.8 Å². The first-order chi connectivity index (χ1) is 18.5. The summed E-state index contributed by atoms with van der Waals surface area (Å²) in [5.41, 5.74) is 4.62. The molecule has 0 aliphatic rings. The van der Waals surface area contributed by atoms with Crippen LogP contribution in [0.3, 0.4) is 0 Å². The quantitative estimate of drug-likeness (QED) is 0.238. The van der Waals surface area contributed by atoms with Gasteiger partial charge in [0.2, 0.25) is 0 Å². The molecule has 0 spiro atoms. The lowest BCUT2D eigenvalue weighted by molar-refractivity contribution is 0.587. The molecule has 0 aliphatic carbocycles. The number of sulfonamides is 2. The maximum absolute atomic E-state index is 12.9. The van der Waals surface area contributed by atoms with Crippen molar-refractivity contribution in [3.8, 4) is 11.1 Å². The Kier molecular flexibility index (Phi) is 7.89. The van der Waals surface area contributed by atoms with E-state index in [1.807, 2.05) is 48.5 Å². The standard InChI is InChI=1S/C32H36N2O4S2/c1-31(2,3)25-11-19-29(20-12-25)39(35,36)33-27-15-7-23(8-16-27)24-9-17-28(18-10-24)34-40(37,38)30-21-13-26(14-22-30)32(4,5)6/h7-22,33-34H,1-6H3. The summed E-state index contributed by atoms with van der Waals surface area (Å²) in [5, 5.41) is 0. The van der Waals surface area contributed by atoms with Gasteiger partial charge in [-0.15, -0.1) is 0 Å². The first-order valence-corrected chi connectivity index (χ1v) is 16.0. The molecule has 4 aromatic carbocycles. The summed E-state index contributed by atoms with van der Waals surface area (Å²) in [7, 11) is -7.45. The van der Waals surface area contributed by atoms with Crippen LogP contribution in [0.1, 0.15) is 52.7 Å². The lowest BCUT2D eigenvalue weighted by Gasteiger charge is -2.19. The molecule has 0 unspecified atom stereocenters. The third kappa shape index (κ3) is 6.92. The van der Waals surface area contributed by atoms with Crippen molar-refractivity contribution in [2.75, 3.05) is 9.44 Å². The molecular formula is C32H36N2O4S2. The summed E-state index contributed by atoms with van der Waals surface area (Å²) in [6, 6.07) is 27.9. The molecule has 0 aromatic heterocycles. The Morgan fingerprint density at radius 2 is 0.700 bits per heavy atom. The number of nitrogens with one attached hydrogen (secondary N) is 2. The maximum atomic E-state index is 12.9. The number of hydrogen-bond acceptors (Lipinski definition) is 4. The van der Waals surface area contributed by atoms with E-state index in [1.54, 1.807) is 48.5 Å². The first kappa shape index (κ1) is 29.4. The molecule has 0 bridgehead atoms. The number of hydrogen-bond donors (Lipinski definition) is 2. The van der Waals surface area contributed by atoms with Crippen molar-refractivity contribution in [1.82, 2.24) is 0 Å². The van der Waals surface area contributed by atoms with Crippen LogP contribution < -0.4 is 9.44 Å². The van der Waals surface area contributed by atoms with Crippen molar-refractivity contribution in [3.05, 3.63) is 108 Å². The molecule has 40 heavy (non-hydrogen) atoms. The van der Waals surface area contributed by atoms with Gasteiger partial charge < -0.3 is 0 Å². The molecule has 210 valence electrons. The Balaban J connectivity index is 1.43. The van der Waals surface area contributed by atoms with E-state index in [2.05, 4.69) is 51.0 Å². The van der Waals surface area contributed by atoms with Gasteiger partial charge in [0.15, 0.2) is 0 Å². The van der Waals surface area contributed by atoms with E-state index in [4.69, 9.17) is 0 Å². The van der Waals surface area contributed by atoms with Gasteiger partial charge in [-0.05, 0) is 81.6 Å². The highest BCUT2D eigenvalue weighted by molar-refractivity contribution is 7.93. The van der Waals surface area contributed by atoms with Gasteiger partial charge in [-0.25, -0.2) is 16.8 Å². The topological polar surface area (TPSA) is 92.3 Å². The first-order valence-electron chi connectivity index (χ1n) is 13.0. The van der Waals surface area contributed by atoms with E-state index in [-0.39, 0.29) is 20.6 Å². The second-order valence-electron chi connectivity index (χ2n) is 11.9. The molecular weight excluding hydrogens is 540 g/mol.